The first-order valence-electron chi connectivity index (χ1n) is 9.18. The van der Waals surface area contributed by atoms with E-state index in [4.69, 9.17) is 4.52 Å². The van der Waals surface area contributed by atoms with Gasteiger partial charge in [0.2, 0.25) is 5.82 Å². The van der Waals surface area contributed by atoms with Crippen molar-refractivity contribution in [2.24, 2.45) is 0 Å². The Morgan fingerprint density at radius 2 is 1.86 bits per heavy atom. The number of aryl methyl sites for hydroxylation is 2. The van der Waals surface area contributed by atoms with Crippen LogP contribution in [0.25, 0.3) is 5.52 Å². The molecule has 0 aliphatic heterocycles. The fraction of sp³-hybridized carbons (Fsp3) is 0.143. The first-order chi connectivity index (χ1) is 14.1. The number of hydrogen-bond acceptors (Lipinski definition) is 5. The van der Waals surface area contributed by atoms with Crippen LogP contribution in [0.5, 0.6) is 0 Å². The molecule has 0 unspecified atom stereocenters. The molecule has 0 fully saturated rings. The van der Waals surface area contributed by atoms with Gasteiger partial charge >= 0.3 is 0 Å². The number of fused-ring (bicyclic) bond motifs is 1. The lowest BCUT2D eigenvalue weighted by atomic mass is 10.1. The molecule has 2 N–H and O–H groups in total. The number of para-hydroxylation sites is 1. The van der Waals surface area contributed by atoms with E-state index < -0.39 is 11.8 Å². The van der Waals surface area contributed by atoms with Gasteiger partial charge in [0.05, 0.1) is 5.52 Å². The van der Waals surface area contributed by atoms with Crippen molar-refractivity contribution in [2.45, 2.75) is 20.3 Å². The van der Waals surface area contributed by atoms with Crippen LogP contribution in [0.2, 0.25) is 0 Å². The maximum Gasteiger partial charge on any atom is 0.292 e. The minimum atomic E-state index is -0.477. The Bertz CT molecular complexity index is 1210. The van der Waals surface area contributed by atoms with E-state index in [1.54, 1.807) is 41.8 Å². The number of aromatic nitrogens is 3. The number of nitrogens with one attached hydrogen (secondary N) is 2. The Balaban J connectivity index is 1.68. The number of amides is 2. The molecule has 29 heavy (non-hydrogen) atoms. The monoisotopic (exact) mass is 389 g/mol. The number of anilines is 2. The van der Waals surface area contributed by atoms with Crippen LogP contribution in [-0.2, 0) is 6.42 Å². The SMILES string of the molecule is CCc1ccccc1NC(=O)c1nc(C(=O)Nc2cc(C)on2)c2ccccn12. The third kappa shape index (κ3) is 3.60. The average molecular weight is 389 g/mol. The highest BCUT2D eigenvalue weighted by atomic mass is 16.5. The quantitative estimate of drug-likeness (QED) is 0.542. The van der Waals surface area contributed by atoms with Crippen molar-refractivity contribution in [1.29, 1.82) is 0 Å². The van der Waals surface area contributed by atoms with Gasteiger partial charge in [-0.15, -0.1) is 0 Å². The first kappa shape index (κ1) is 18.4. The predicted molar refractivity (Wildman–Crippen MR) is 108 cm³/mol. The lowest BCUT2D eigenvalue weighted by Crippen LogP contribution is -2.17. The molecule has 0 aliphatic rings. The second kappa shape index (κ2) is 7.59. The van der Waals surface area contributed by atoms with E-state index in [1.807, 2.05) is 31.2 Å². The van der Waals surface area contributed by atoms with Crippen molar-refractivity contribution in [1.82, 2.24) is 14.5 Å². The molecule has 8 heteroatoms. The summed E-state index contributed by atoms with van der Waals surface area (Å²) >= 11 is 0. The van der Waals surface area contributed by atoms with E-state index in [2.05, 4.69) is 20.8 Å². The summed E-state index contributed by atoms with van der Waals surface area (Å²) in [5, 5.41) is 9.29. The largest absolute Gasteiger partial charge is 0.360 e. The topological polar surface area (TPSA) is 102 Å². The van der Waals surface area contributed by atoms with Gasteiger partial charge in [0.1, 0.15) is 5.76 Å². The van der Waals surface area contributed by atoms with Crippen LogP contribution in [0.4, 0.5) is 11.5 Å². The molecule has 0 saturated carbocycles. The Labute approximate surface area is 166 Å². The molecule has 4 aromatic rings. The number of pyridine rings is 1. The summed E-state index contributed by atoms with van der Waals surface area (Å²) in [5.74, 6) is 0.100. The van der Waals surface area contributed by atoms with Crippen LogP contribution in [0.1, 0.15) is 39.4 Å². The molecular weight excluding hydrogens is 370 g/mol. The normalized spacial score (nSPS) is 10.8. The van der Waals surface area contributed by atoms with Crippen molar-refractivity contribution in [2.75, 3.05) is 10.6 Å². The molecular formula is C21H19N5O3. The maximum absolute atomic E-state index is 12.9. The van der Waals surface area contributed by atoms with Crippen molar-refractivity contribution < 1.29 is 14.1 Å². The van der Waals surface area contributed by atoms with Gasteiger partial charge in [-0.2, -0.15) is 0 Å². The zero-order valence-electron chi connectivity index (χ0n) is 16.0. The van der Waals surface area contributed by atoms with E-state index in [0.717, 1.165) is 17.7 Å². The van der Waals surface area contributed by atoms with Crippen molar-refractivity contribution in [3.8, 4) is 0 Å². The van der Waals surface area contributed by atoms with E-state index in [9.17, 15) is 9.59 Å². The van der Waals surface area contributed by atoms with E-state index in [0.29, 0.717) is 11.3 Å². The first-order valence-corrected chi connectivity index (χ1v) is 9.18. The number of carbonyl (C=O) groups is 2. The van der Waals surface area contributed by atoms with E-state index in [-0.39, 0.29) is 17.3 Å². The molecule has 0 atom stereocenters. The van der Waals surface area contributed by atoms with Crippen LogP contribution < -0.4 is 10.6 Å². The fourth-order valence-electron chi connectivity index (χ4n) is 3.09. The summed E-state index contributed by atoms with van der Waals surface area (Å²) in [4.78, 5) is 30.0. The summed E-state index contributed by atoms with van der Waals surface area (Å²) in [6.07, 6.45) is 2.48. The number of imidazole rings is 1. The Hall–Kier alpha value is -3.94. The lowest BCUT2D eigenvalue weighted by molar-refractivity contribution is 0.101. The van der Waals surface area contributed by atoms with Crippen LogP contribution >= 0.6 is 0 Å². The van der Waals surface area contributed by atoms with Gasteiger partial charge in [0, 0.05) is 18.0 Å². The van der Waals surface area contributed by atoms with Gasteiger partial charge in [-0.3, -0.25) is 14.0 Å². The molecule has 3 aromatic heterocycles. The van der Waals surface area contributed by atoms with Crippen LogP contribution in [0.15, 0.2) is 59.3 Å². The van der Waals surface area contributed by atoms with Gasteiger partial charge in [0.15, 0.2) is 11.5 Å². The van der Waals surface area contributed by atoms with Gasteiger partial charge in [-0.05, 0) is 37.1 Å². The zero-order chi connectivity index (χ0) is 20.4. The number of benzene rings is 1. The van der Waals surface area contributed by atoms with Crippen molar-refractivity contribution in [3.63, 3.8) is 0 Å². The van der Waals surface area contributed by atoms with Crippen LogP contribution in [0.3, 0.4) is 0 Å². The highest BCUT2D eigenvalue weighted by Crippen LogP contribution is 2.19. The Morgan fingerprint density at radius 3 is 2.62 bits per heavy atom. The molecule has 1 aromatic carbocycles. The number of rotatable bonds is 5. The molecule has 0 saturated heterocycles. The van der Waals surface area contributed by atoms with Crippen molar-refractivity contribution in [3.05, 3.63) is 77.6 Å². The smallest absolute Gasteiger partial charge is 0.292 e. The molecule has 0 spiro atoms. The summed E-state index contributed by atoms with van der Waals surface area (Å²) in [6, 6.07) is 14.5. The fourth-order valence-corrected chi connectivity index (χ4v) is 3.09. The maximum atomic E-state index is 12.9. The standard InChI is InChI=1S/C21H19N5O3/c1-3-14-8-4-5-9-15(14)22-21(28)19-24-18(16-10-6-7-11-26(16)19)20(27)23-17-12-13(2)29-25-17/h4-12H,3H2,1-2H3,(H,22,28)(H,23,25,27). The summed E-state index contributed by atoms with van der Waals surface area (Å²) in [7, 11) is 0. The third-order valence-corrected chi connectivity index (χ3v) is 4.48. The average Bonchev–Trinajstić information content (AvgIpc) is 3.32. The second-order valence-corrected chi connectivity index (χ2v) is 6.48. The third-order valence-electron chi connectivity index (χ3n) is 4.48. The second-order valence-electron chi connectivity index (χ2n) is 6.48. The molecule has 146 valence electrons. The molecule has 0 radical (unpaired) electrons. The summed E-state index contributed by atoms with van der Waals surface area (Å²) in [5.41, 5.74) is 2.37. The molecule has 0 bridgehead atoms. The summed E-state index contributed by atoms with van der Waals surface area (Å²) in [6.45, 7) is 3.75. The Morgan fingerprint density at radius 1 is 1.07 bits per heavy atom. The number of hydrogen-bond donors (Lipinski definition) is 2. The van der Waals surface area contributed by atoms with Crippen LogP contribution in [-0.4, -0.2) is 26.4 Å². The molecule has 0 aliphatic carbocycles. The number of nitrogens with zero attached hydrogens (tertiary/aromatic N) is 3. The highest BCUT2D eigenvalue weighted by Gasteiger charge is 2.22. The Kier molecular flexibility index (Phi) is 4.82. The number of carbonyl (C=O) groups excluding carboxylic acids is 2. The molecule has 2 amide bonds. The predicted octanol–water partition coefficient (Wildman–Crippen LogP) is 3.70. The van der Waals surface area contributed by atoms with Gasteiger partial charge < -0.3 is 15.2 Å². The van der Waals surface area contributed by atoms with Gasteiger partial charge in [-0.25, -0.2) is 4.98 Å². The van der Waals surface area contributed by atoms with E-state index in [1.165, 1.54) is 0 Å². The van der Waals surface area contributed by atoms with Crippen LogP contribution in [0, 0.1) is 6.92 Å². The molecule has 4 rings (SSSR count). The molecule has 8 nitrogen and oxygen atoms in total. The highest BCUT2D eigenvalue weighted by molar-refractivity contribution is 6.10. The van der Waals surface area contributed by atoms with Gasteiger partial charge in [0.25, 0.3) is 11.8 Å². The zero-order valence-corrected chi connectivity index (χ0v) is 16.0. The molecule has 3 heterocycles. The minimum absolute atomic E-state index is 0.119. The minimum Gasteiger partial charge on any atom is -0.360 e. The van der Waals surface area contributed by atoms with Crippen molar-refractivity contribution >= 4 is 28.8 Å². The lowest BCUT2D eigenvalue weighted by Gasteiger charge is -2.08. The van der Waals surface area contributed by atoms with Gasteiger partial charge in [-0.1, -0.05) is 36.3 Å². The van der Waals surface area contributed by atoms with E-state index >= 15 is 0 Å². The summed E-state index contributed by atoms with van der Waals surface area (Å²) < 4.78 is 6.56.